The molecule has 1 fully saturated rings. The molecule has 0 aromatic heterocycles. The molecule has 1 heterocycles. The second-order valence-electron chi connectivity index (χ2n) is 3.60. The molecule has 96 valence electrons. The molecular weight excluding hydrogens is 232 g/mol. The monoisotopic (exact) mass is 252 g/mol. The maximum Gasteiger partial charge on any atom is 0.409 e. The van der Waals surface area contributed by atoms with Crippen LogP contribution in [0.3, 0.4) is 0 Å². The molecular formula is C10H21ClN2O3. The third-order valence-corrected chi connectivity index (χ3v) is 2.76. The van der Waals surface area contributed by atoms with Gasteiger partial charge in [0.1, 0.15) is 0 Å². The summed E-state index contributed by atoms with van der Waals surface area (Å²) in [6, 6.07) is 0.320. The van der Waals surface area contributed by atoms with Crippen LogP contribution in [0.25, 0.3) is 0 Å². The smallest absolute Gasteiger partial charge is 0.409 e. The number of likely N-dealkylation sites (tertiary alicyclic amines) is 1. The summed E-state index contributed by atoms with van der Waals surface area (Å²) in [7, 11) is 3.58. The zero-order chi connectivity index (χ0) is 11.3. The predicted molar refractivity (Wildman–Crippen MR) is 64.1 cm³/mol. The van der Waals surface area contributed by atoms with Crippen molar-refractivity contribution in [1.29, 1.82) is 0 Å². The van der Waals surface area contributed by atoms with E-state index in [2.05, 4.69) is 5.32 Å². The molecule has 1 amide bonds. The Balaban J connectivity index is 0.00000225. The van der Waals surface area contributed by atoms with Crippen molar-refractivity contribution in [1.82, 2.24) is 10.2 Å². The van der Waals surface area contributed by atoms with E-state index in [1.54, 1.807) is 12.0 Å². The molecule has 6 heteroatoms. The number of nitrogens with zero attached hydrogens (tertiary/aromatic N) is 1. The van der Waals surface area contributed by atoms with Gasteiger partial charge in [0, 0.05) is 19.7 Å². The van der Waals surface area contributed by atoms with Crippen LogP contribution in [0.2, 0.25) is 0 Å². The van der Waals surface area contributed by atoms with Crippen LogP contribution in [0.5, 0.6) is 0 Å². The Bertz CT molecular complexity index is 216. The standard InChI is InChI=1S/C10H20N2O3.ClH/c1-4-15-10(13)12-6-5-8(11-2)9(7-12)14-3;/h8-9,11H,4-7H2,1-3H3;1H/t8-,9+;/m0./s1. The Morgan fingerprint density at radius 1 is 1.56 bits per heavy atom. The number of amides is 1. The maximum absolute atomic E-state index is 11.5. The molecule has 0 saturated carbocycles. The minimum atomic E-state index is -0.242. The summed E-state index contributed by atoms with van der Waals surface area (Å²) in [6.45, 7) is 3.56. The fourth-order valence-electron chi connectivity index (χ4n) is 1.87. The van der Waals surface area contributed by atoms with Crippen molar-refractivity contribution >= 4 is 18.5 Å². The van der Waals surface area contributed by atoms with Gasteiger partial charge in [0.2, 0.25) is 0 Å². The Morgan fingerprint density at radius 2 is 2.25 bits per heavy atom. The molecule has 1 N–H and O–H groups in total. The second-order valence-corrected chi connectivity index (χ2v) is 3.60. The first-order valence-electron chi connectivity index (χ1n) is 5.34. The first-order valence-corrected chi connectivity index (χ1v) is 5.34. The van der Waals surface area contributed by atoms with Gasteiger partial charge < -0.3 is 19.7 Å². The topological polar surface area (TPSA) is 50.8 Å². The van der Waals surface area contributed by atoms with Gasteiger partial charge in [0.25, 0.3) is 0 Å². The van der Waals surface area contributed by atoms with Crippen LogP contribution in [0.15, 0.2) is 0 Å². The molecule has 0 spiro atoms. The largest absolute Gasteiger partial charge is 0.450 e. The minimum absolute atomic E-state index is 0. The van der Waals surface area contributed by atoms with E-state index in [4.69, 9.17) is 9.47 Å². The zero-order valence-electron chi connectivity index (χ0n) is 10.1. The average molecular weight is 253 g/mol. The fourth-order valence-corrected chi connectivity index (χ4v) is 1.87. The van der Waals surface area contributed by atoms with Crippen LogP contribution in [0.4, 0.5) is 4.79 Å². The fraction of sp³-hybridized carbons (Fsp3) is 0.900. The van der Waals surface area contributed by atoms with Crippen molar-refractivity contribution in [2.24, 2.45) is 0 Å². The number of carbonyl (C=O) groups excluding carboxylic acids is 1. The van der Waals surface area contributed by atoms with Crippen molar-refractivity contribution in [3.05, 3.63) is 0 Å². The molecule has 0 aliphatic carbocycles. The SMILES string of the molecule is CCOC(=O)N1CC[C@H](NC)[C@H](OC)C1.Cl. The molecule has 5 nitrogen and oxygen atoms in total. The highest BCUT2D eigenvalue weighted by Crippen LogP contribution is 2.14. The van der Waals surface area contributed by atoms with Gasteiger partial charge in [0.05, 0.1) is 19.3 Å². The van der Waals surface area contributed by atoms with Gasteiger partial charge >= 0.3 is 6.09 Å². The van der Waals surface area contributed by atoms with E-state index in [-0.39, 0.29) is 24.6 Å². The molecule has 0 radical (unpaired) electrons. The van der Waals surface area contributed by atoms with Gasteiger partial charge in [-0.3, -0.25) is 0 Å². The summed E-state index contributed by atoms with van der Waals surface area (Å²) in [5.74, 6) is 0. The molecule has 0 bridgehead atoms. The summed E-state index contributed by atoms with van der Waals surface area (Å²) in [5, 5.41) is 3.19. The quantitative estimate of drug-likeness (QED) is 0.810. The van der Waals surface area contributed by atoms with Crippen molar-refractivity contribution in [3.8, 4) is 0 Å². The van der Waals surface area contributed by atoms with Crippen LogP contribution in [0, 0.1) is 0 Å². The molecule has 1 aliphatic heterocycles. The third-order valence-electron chi connectivity index (χ3n) is 2.76. The normalized spacial score (nSPS) is 24.8. The lowest BCUT2D eigenvalue weighted by Gasteiger charge is -2.36. The van der Waals surface area contributed by atoms with Gasteiger partial charge in [-0.25, -0.2) is 4.79 Å². The summed E-state index contributed by atoms with van der Waals surface area (Å²) < 4.78 is 10.3. The number of hydrogen-bond acceptors (Lipinski definition) is 4. The summed E-state index contributed by atoms with van der Waals surface area (Å²) >= 11 is 0. The van der Waals surface area contributed by atoms with Crippen LogP contribution in [0.1, 0.15) is 13.3 Å². The lowest BCUT2D eigenvalue weighted by atomic mass is 10.0. The van der Waals surface area contributed by atoms with E-state index in [9.17, 15) is 4.79 Å². The van der Waals surface area contributed by atoms with Crippen LogP contribution < -0.4 is 5.32 Å². The Labute approximate surface area is 103 Å². The number of methoxy groups -OCH3 is 1. The lowest BCUT2D eigenvalue weighted by Crippen LogP contribution is -2.54. The van der Waals surface area contributed by atoms with E-state index in [0.717, 1.165) is 13.0 Å². The van der Waals surface area contributed by atoms with E-state index in [0.29, 0.717) is 19.2 Å². The van der Waals surface area contributed by atoms with E-state index in [1.165, 1.54) is 0 Å². The molecule has 2 atom stereocenters. The molecule has 0 aromatic rings. The van der Waals surface area contributed by atoms with E-state index >= 15 is 0 Å². The number of likely N-dealkylation sites (N-methyl/N-ethyl adjacent to an activating group) is 1. The Hall–Kier alpha value is -0.520. The van der Waals surface area contributed by atoms with Crippen molar-refractivity contribution < 1.29 is 14.3 Å². The number of ether oxygens (including phenoxy) is 2. The first kappa shape index (κ1) is 15.5. The van der Waals surface area contributed by atoms with Gasteiger partial charge in [0.15, 0.2) is 0 Å². The number of halogens is 1. The van der Waals surface area contributed by atoms with Gasteiger partial charge in [-0.15, -0.1) is 12.4 Å². The first-order chi connectivity index (χ1) is 7.22. The average Bonchev–Trinajstić information content (AvgIpc) is 2.28. The summed E-state index contributed by atoms with van der Waals surface area (Å²) in [4.78, 5) is 13.2. The predicted octanol–water partition coefficient (Wildman–Crippen LogP) is 0.873. The molecule has 1 aliphatic rings. The molecule has 1 rings (SSSR count). The Kier molecular flexibility index (Phi) is 7.45. The van der Waals surface area contributed by atoms with Crippen LogP contribution in [-0.2, 0) is 9.47 Å². The molecule has 0 unspecified atom stereocenters. The third kappa shape index (κ3) is 3.81. The van der Waals surface area contributed by atoms with Crippen LogP contribution >= 0.6 is 12.4 Å². The number of carbonyl (C=O) groups is 1. The lowest BCUT2D eigenvalue weighted by molar-refractivity contribution is 0.00572. The summed E-state index contributed by atoms with van der Waals surface area (Å²) in [5.41, 5.74) is 0. The summed E-state index contributed by atoms with van der Waals surface area (Å²) in [6.07, 6.45) is 0.704. The number of rotatable bonds is 3. The van der Waals surface area contributed by atoms with Crippen molar-refractivity contribution in [2.45, 2.75) is 25.5 Å². The highest BCUT2D eigenvalue weighted by molar-refractivity contribution is 5.85. The van der Waals surface area contributed by atoms with Crippen LogP contribution in [-0.4, -0.2) is 57.0 Å². The highest BCUT2D eigenvalue weighted by atomic mass is 35.5. The van der Waals surface area contributed by atoms with Crippen molar-refractivity contribution in [3.63, 3.8) is 0 Å². The van der Waals surface area contributed by atoms with E-state index < -0.39 is 0 Å². The van der Waals surface area contributed by atoms with Gasteiger partial charge in [-0.2, -0.15) is 0 Å². The number of nitrogens with one attached hydrogen (secondary N) is 1. The molecule has 1 saturated heterocycles. The minimum Gasteiger partial charge on any atom is -0.450 e. The second kappa shape index (κ2) is 7.70. The highest BCUT2D eigenvalue weighted by Gasteiger charge is 2.30. The Morgan fingerprint density at radius 3 is 2.75 bits per heavy atom. The maximum atomic E-state index is 11.5. The van der Waals surface area contributed by atoms with Gasteiger partial charge in [-0.05, 0) is 20.4 Å². The number of piperidine rings is 1. The van der Waals surface area contributed by atoms with E-state index in [1.807, 2.05) is 14.0 Å². The molecule has 16 heavy (non-hydrogen) atoms. The van der Waals surface area contributed by atoms with Gasteiger partial charge in [-0.1, -0.05) is 0 Å². The number of hydrogen-bond donors (Lipinski definition) is 1. The molecule has 0 aromatic carbocycles. The zero-order valence-corrected chi connectivity index (χ0v) is 10.9. The van der Waals surface area contributed by atoms with Crippen molar-refractivity contribution in [2.75, 3.05) is 33.9 Å².